The van der Waals surface area contributed by atoms with Crippen LogP contribution in [0.5, 0.6) is 0 Å². The number of rotatable bonds is 1. The van der Waals surface area contributed by atoms with Crippen LogP contribution in [0.1, 0.15) is 33.7 Å². The number of hydrogen-bond donors (Lipinski definition) is 0. The molecule has 1 aromatic heterocycles. The molecular weight excluding hydrogens is 254 g/mol. The summed E-state index contributed by atoms with van der Waals surface area (Å²) in [6, 6.07) is 8.98. The van der Waals surface area contributed by atoms with Crippen molar-refractivity contribution in [1.82, 2.24) is 9.78 Å². The standard InChI is InChI=1S/C15H15N3O2/c1-17-13(8-9-16-17)15(20)18-10-4-7-14(19)11-5-2-3-6-12(11)18/h2-3,5-6,8-9H,4,7,10H2,1H3. The number of hydrogen-bond acceptors (Lipinski definition) is 3. The summed E-state index contributed by atoms with van der Waals surface area (Å²) >= 11 is 0. The Morgan fingerprint density at radius 1 is 1.25 bits per heavy atom. The Labute approximate surface area is 116 Å². The number of carbonyl (C=O) groups excluding carboxylic acids is 2. The third kappa shape index (κ3) is 2.01. The Bertz CT molecular complexity index is 675. The highest BCUT2D eigenvalue weighted by Crippen LogP contribution is 2.27. The van der Waals surface area contributed by atoms with Crippen LogP contribution < -0.4 is 4.90 Å². The minimum atomic E-state index is -0.118. The number of Topliss-reactive ketones (excluding diaryl/α,β-unsaturated/α-hetero) is 1. The average molecular weight is 269 g/mol. The van der Waals surface area contributed by atoms with E-state index >= 15 is 0 Å². The molecule has 0 spiro atoms. The fourth-order valence-corrected chi connectivity index (χ4v) is 2.53. The second-order valence-electron chi connectivity index (χ2n) is 4.84. The first-order chi connectivity index (χ1) is 9.68. The van der Waals surface area contributed by atoms with E-state index in [0.717, 1.165) is 0 Å². The molecule has 1 amide bonds. The van der Waals surface area contributed by atoms with Crippen molar-refractivity contribution < 1.29 is 9.59 Å². The van der Waals surface area contributed by atoms with E-state index in [1.54, 1.807) is 35.0 Å². The van der Waals surface area contributed by atoms with E-state index in [0.29, 0.717) is 36.3 Å². The fraction of sp³-hybridized carbons (Fsp3) is 0.267. The Morgan fingerprint density at radius 3 is 2.80 bits per heavy atom. The molecule has 0 N–H and O–H groups in total. The summed E-state index contributed by atoms with van der Waals surface area (Å²) in [6.07, 6.45) is 2.76. The zero-order chi connectivity index (χ0) is 14.1. The van der Waals surface area contributed by atoms with Crippen LogP contribution in [-0.2, 0) is 7.05 Å². The van der Waals surface area contributed by atoms with Gasteiger partial charge in [-0.2, -0.15) is 5.10 Å². The van der Waals surface area contributed by atoms with Gasteiger partial charge in [-0.15, -0.1) is 0 Å². The van der Waals surface area contributed by atoms with Crippen molar-refractivity contribution in [1.29, 1.82) is 0 Å². The summed E-state index contributed by atoms with van der Waals surface area (Å²) in [5.74, 6) is -0.0203. The second kappa shape index (κ2) is 4.92. The molecular formula is C15H15N3O2. The van der Waals surface area contributed by atoms with Gasteiger partial charge in [0.15, 0.2) is 5.78 Å². The van der Waals surface area contributed by atoms with Gasteiger partial charge in [-0.1, -0.05) is 12.1 Å². The number of anilines is 1. The summed E-state index contributed by atoms with van der Waals surface area (Å²) in [5, 5.41) is 4.03. The molecule has 2 aromatic rings. The summed E-state index contributed by atoms with van der Waals surface area (Å²) in [7, 11) is 1.74. The number of fused-ring (bicyclic) bond motifs is 1. The Hall–Kier alpha value is -2.43. The number of benzene rings is 1. The molecule has 0 atom stereocenters. The largest absolute Gasteiger partial charge is 0.306 e. The molecule has 3 rings (SSSR count). The minimum Gasteiger partial charge on any atom is -0.306 e. The van der Waals surface area contributed by atoms with Crippen molar-refractivity contribution in [2.45, 2.75) is 12.8 Å². The molecule has 0 bridgehead atoms. The average Bonchev–Trinajstić information content (AvgIpc) is 2.81. The zero-order valence-electron chi connectivity index (χ0n) is 11.2. The molecule has 0 radical (unpaired) electrons. The summed E-state index contributed by atoms with van der Waals surface area (Å²) in [5.41, 5.74) is 1.84. The lowest BCUT2D eigenvalue weighted by Gasteiger charge is -2.22. The molecule has 0 unspecified atom stereocenters. The molecule has 5 nitrogen and oxygen atoms in total. The van der Waals surface area contributed by atoms with E-state index in [4.69, 9.17) is 0 Å². The highest BCUT2D eigenvalue weighted by Gasteiger charge is 2.26. The molecule has 0 saturated carbocycles. The number of ketones is 1. The number of amides is 1. The van der Waals surface area contributed by atoms with Gasteiger partial charge in [0, 0.05) is 31.8 Å². The van der Waals surface area contributed by atoms with Crippen LogP contribution in [-0.4, -0.2) is 28.0 Å². The first kappa shape index (κ1) is 12.6. The summed E-state index contributed by atoms with van der Waals surface area (Å²) in [4.78, 5) is 26.4. The number of para-hydroxylation sites is 1. The molecule has 1 aliphatic rings. The zero-order valence-corrected chi connectivity index (χ0v) is 11.2. The number of carbonyl (C=O) groups is 2. The van der Waals surface area contributed by atoms with Gasteiger partial charge in [0.05, 0.1) is 5.69 Å². The van der Waals surface area contributed by atoms with Crippen molar-refractivity contribution in [3.63, 3.8) is 0 Å². The summed E-state index contributed by atoms with van der Waals surface area (Å²) in [6.45, 7) is 0.548. The topological polar surface area (TPSA) is 55.2 Å². The predicted molar refractivity (Wildman–Crippen MR) is 74.9 cm³/mol. The lowest BCUT2D eigenvalue weighted by Crippen LogP contribution is -2.33. The predicted octanol–water partition coefficient (Wildman–Crippen LogP) is 2.04. The first-order valence-electron chi connectivity index (χ1n) is 6.60. The lowest BCUT2D eigenvalue weighted by atomic mass is 10.1. The van der Waals surface area contributed by atoms with Crippen LogP contribution in [0.15, 0.2) is 36.5 Å². The second-order valence-corrected chi connectivity index (χ2v) is 4.84. The molecule has 0 fully saturated rings. The van der Waals surface area contributed by atoms with Gasteiger partial charge in [0.2, 0.25) is 0 Å². The van der Waals surface area contributed by atoms with Crippen molar-refractivity contribution in [3.05, 3.63) is 47.8 Å². The SMILES string of the molecule is Cn1nccc1C(=O)N1CCCC(=O)c2ccccc21. The smallest absolute Gasteiger partial charge is 0.276 e. The number of aromatic nitrogens is 2. The molecule has 20 heavy (non-hydrogen) atoms. The van der Waals surface area contributed by atoms with E-state index in [1.165, 1.54) is 0 Å². The van der Waals surface area contributed by atoms with Gasteiger partial charge in [-0.25, -0.2) is 0 Å². The highest BCUT2D eigenvalue weighted by molar-refractivity contribution is 6.11. The van der Waals surface area contributed by atoms with Gasteiger partial charge in [0.1, 0.15) is 5.69 Å². The molecule has 0 aliphatic carbocycles. The maximum absolute atomic E-state index is 12.7. The van der Waals surface area contributed by atoms with Gasteiger partial charge in [0.25, 0.3) is 5.91 Å². The minimum absolute atomic E-state index is 0.0981. The van der Waals surface area contributed by atoms with Crippen molar-refractivity contribution >= 4 is 17.4 Å². The van der Waals surface area contributed by atoms with Crippen LogP contribution in [0.3, 0.4) is 0 Å². The van der Waals surface area contributed by atoms with E-state index in [2.05, 4.69) is 5.10 Å². The lowest BCUT2D eigenvalue weighted by molar-refractivity contribution is 0.0969. The van der Waals surface area contributed by atoms with E-state index < -0.39 is 0 Å². The van der Waals surface area contributed by atoms with Crippen LogP contribution in [0.4, 0.5) is 5.69 Å². The molecule has 1 aromatic carbocycles. The van der Waals surface area contributed by atoms with Gasteiger partial charge in [-0.05, 0) is 24.6 Å². The van der Waals surface area contributed by atoms with E-state index in [-0.39, 0.29) is 11.7 Å². The number of nitrogens with zero attached hydrogens (tertiary/aromatic N) is 3. The Kier molecular flexibility index (Phi) is 3.10. The number of aryl methyl sites for hydroxylation is 1. The van der Waals surface area contributed by atoms with Crippen molar-refractivity contribution in [3.8, 4) is 0 Å². The summed E-state index contributed by atoms with van der Waals surface area (Å²) < 4.78 is 1.55. The first-order valence-corrected chi connectivity index (χ1v) is 6.60. The monoisotopic (exact) mass is 269 g/mol. The maximum atomic E-state index is 12.7. The molecule has 1 aliphatic heterocycles. The van der Waals surface area contributed by atoms with Gasteiger partial charge in [-0.3, -0.25) is 14.3 Å². The van der Waals surface area contributed by atoms with Crippen LogP contribution in [0, 0.1) is 0 Å². The third-order valence-electron chi connectivity index (χ3n) is 3.57. The van der Waals surface area contributed by atoms with E-state index in [1.807, 2.05) is 18.2 Å². The molecule has 102 valence electrons. The normalized spacial score (nSPS) is 14.8. The van der Waals surface area contributed by atoms with E-state index in [9.17, 15) is 9.59 Å². The molecule has 2 heterocycles. The van der Waals surface area contributed by atoms with Crippen molar-refractivity contribution in [2.75, 3.05) is 11.4 Å². The van der Waals surface area contributed by atoms with Crippen molar-refractivity contribution in [2.24, 2.45) is 7.05 Å². The Balaban J connectivity index is 2.06. The molecule has 0 saturated heterocycles. The van der Waals surface area contributed by atoms with Gasteiger partial charge >= 0.3 is 0 Å². The van der Waals surface area contributed by atoms with Crippen LogP contribution in [0.2, 0.25) is 0 Å². The van der Waals surface area contributed by atoms with Gasteiger partial charge < -0.3 is 4.90 Å². The quantitative estimate of drug-likeness (QED) is 0.796. The Morgan fingerprint density at radius 2 is 2.05 bits per heavy atom. The van der Waals surface area contributed by atoms with Crippen LogP contribution >= 0.6 is 0 Å². The van der Waals surface area contributed by atoms with Crippen LogP contribution in [0.25, 0.3) is 0 Å². The highest BCUT2D eigenvalue weighted by atomic mass is 16.2. The maximum Gasteiger partial charge on any atom is 0.276 e. The fourth-order valence-electron chi connectivity index (χ4n) is 2.53. The molecule has 5 heteroatoms. The third-order valence-corrected chi connectivity index (χ3v) is 3.57.